The largest absolute Gasteiger partial charge is 0.321 e. The van der Waals surface area contributed by atoms with Crippen molar-refractivity contribution in [3.63, 3.8) is 0 Å². The number of nitrogens with one attached hydrogen (secondary N) is 1. The van der Waals surface area contributed by atoms with E-state index >= 15 is 0 Å². The number of nitrogens with zero attached hydrogens (tertiary/aromatic N) is 2. The minimum Gasteiger partial charge on any atom is -0.321 e. The predicted octanol–water partition coefficient (Wildman–Crippen LogP) is 0.930. The molecule has 0 unspecified atom stereocenters. The molecule has 9 heteroatoms. The number of halogens is 1. The van der Waals surface area contributed by atoms with Gasteiger partial charge >= 0.3 is 0 Å². The summed E-state index contributed by atoms with van der Waals surface area (Å²) in [5.41, 5.74) is 0.569. The zero-order valence-electron chi connectivity index (χ0n) is 12.7. The maximum atomic E-state index is 12.9. The molecule has 2 aliphatic heterocycles. The van der Waals surface area contributed by atoms with E-state index in [1.165, 1.54) is 24.3 Å². The number of amides is 2. The number of anilines is 1. The molecular formula is C15H16FN3O4S. The Morgan fingerprint density at radius 2 is 1.96 bits per heavy atom. The van der Waals surface area contributed by atoms with E-state index in [9.17, 15) is 22.4 Å². The Labute approximate surface area is 138 Å². The molecule has 0 bridgehead atoms. The summed E-state index contributed by atoms with van der Waals surface area (Å²) in [6.45, 7) is 0. The molecule has 0 saturated carbocycles. The van der Waals surface area contributed by atoms with Gasteiger partial charge < -0.3 is 5.32 Å². The Morgan fingerprint density at radius 1 is 1.25 bits per heavy atom. The van der Waals surface area contributed by atoms with E-state index in [2.05, 4.69) is 10.4 Å². The van der Waals surface area contributed by atoms with Crippen molar-refractivity contribution < 1.29 is 22.4 Å². The molecule has 1 N–H and O–H groups in total. The van der Waals surface area contributed by atoms with Gasteiger partial charge in [-0.1, -0.05) is 0 Å². The summed E-state index contributed by atoms with van der Waals surface area (Å²) in [4.78, 5) is 24.3. The molecule has 2 aliphatic rings. The van der Waals surface area contributed by atoms with Crippen LogP contribution in [0.15, 0.2) is 29.4 Å². The lowest BCUT2D eigenvalue weighted by Gasteiger charge is -2.27. The van der Waals surface area contributed by atoms with Crippen LogP contribution in [0, 0.1) is 5.82 Å². The van der Waals surface area contributed by atoms with E-state index in [-0.39, 0.29) is 36.0 Å². The fourth-order valence-corrected chi connectivity index (χ4v) is 4.42. The summed E-state index contributed by atoms with van der Waals surface area (Å²) in [6, 6.07) is 4.76. The van der Waals surface area contributed by atoms with Gasteiger partial charge in [-0.25, -0.2) is 17.8 Å². The monoisotopic (exact) mass is 353 g/mol. The first kappa shape index (κ1) is 16.6. The van der Waals surface area contributed by atoms with E-state index in [4.69, 9.17) is 0 Å². The molecule has 24 heavy (non-hydrogen) atoms. The molecule has 1 atom stereocenters. The van der Waals surface area contributed by atoms with Crippen LogP contribution in [0.5, 0.6) is 0 Å². The fourth-order valence-electron chi connectivity index (χ4n) is 2.72. The van der Waals surface area contributed by atoms with Crippen molar-refractivity contribution in [3.8, 4) is 0 Å². The third kappa shape index (κ3) is 3.61. The van der Waals surface area contributed by atoms with Crippen LogP contribution < -0.4 is 5.32 Å². The standard InChI is InChI=1S/C15H16FN3O4S/c16-10-1-3-11(4-2-10)17-15(21)13-5-6-14(20)19(18-13)12-7-8-24(22,23)9-12/h1-4,12H,5-9H2,(H,17,21)/t12-/m1/s1. The SMILES string of the molecule is O=C(Nc1ccc(F)cc1)C1=NN([C@@H]2CCS(=O)(=O)C2)C(=O)CC1. The van der Waals surface area contributed by atoms with Crippen LogP contribution in [0.4, 0.5) is 10.1 Å². The number of hydrogen-bond acceptors (Lipinski definition) is 5. The van der Waals surface area contributed by atoms with Crippen molar-refractivity contribution in [2.45, 2.75) is 25.3 Å². The van der Waals surface area contributed by atoms with Gasteiger partial charge in [0.2, 0.25) is 5.91 Å². The van der Waals surface area contributed by atoms with Gasteiger partial charge in [0.25, 0.3) is 5.91 Å². The van der Waals surface area contributed by atoms with E-state index in [0.29, 0.717) is 12.1 Å². The molecule has 0 aromatic heterocycles. The minimum absolute atomic E-state index is 0.0219. The van der Waals surface area contributed by atoms with Gasteiger partial charge in [0.1, 0.15) is 11.5 Å². The lowest BCUT2D eigenvalue weighted by atomic mass is 10.1. The first-order valence-corrected chi connectivity index (χ1v) is 9.33. The van der Waals surface area contributed by atoms with Crippen LogP contribution in [-0.4, -0.2) is 48.5 Å². The smallest absolute Gasteiger partial charge is 0.271 e. The molecule has 0 spiro atoms. The highest BCUT2D eigenvalue weighted by Gasteiger charge is 2.37. The summed E-state index contributed by atoms with van der Waals surface area (Å²) in [6.07, 6.45) is 0.610. The summed E-state index contributed by atoms with van der Waals surface area (Å²) in [5, 5.41) is 7.79. The van der Waals surface area contributed by atoms with Gasteiger partial charge in [-0.15, -0.1) is 0 Å². The van der Waals surface area contributed by atoms with Crippen molar-refractivity contribution in [3.05, 3.63) is 30.1 Å². The predicted molar refractivity (Wildman–Crippen MR) is 85.6 cm³/mol. The van der Waals surface area contributed by atoms with Crippen LogP contribution in [0.2, 0.25) is 0 Å². The maximum absolute atomic E-state index is 12.9. The van der Waals surface area contributed by atoms with Crippen LogP contribution >= 0.6 is 0 Å². The fraction of sp³-hybridized carbons (Fsp3) is 0.400. The van der Waals surface area contributed by atoms with E-state index in [1.807, 2.05) is 0 Å². The molecule has 3 rings (SSSR count). The topological polar surface area (TPSA) is 95.9 Å². The van der Waals surface area contributed by atoms with E-state index < -0.39 is 27.6 Å². The molecular weight excluding hydrogens is 337 g/mol. The third-order valence-electron chi connectivity index (χ3n) is 3.98. The highest BCUT2D eigenvalue weighted by Crippen LogP contribution is 2.22. The quantitative estimate of drug-likeness (QED) is 0.874. The van der Waals surface area contributed by atoms with Crippen molar-refractivity contribution in [1.82, 2.24) is 5.01 Å². The van der Waals surface area contributed by atoms with Crippen LogP contribution in [0.1, 0.15) is 19.3 Å². The van der Waals surface area contributed by atoms with Crippen molar-refractivity contribution >= 4 is 33.1 Å². The normalized spacial score (nSPS) is 23.0. The summed E-state index contributed by atoms with van der Waals surface area (Å²) >= 11 is 0. The minimum atomic E-state index is -3.16. The number of carbonyl (C=O) groups is 2. The zero-order valence-corrected chi connectivity index (χ0v) is 13.6. The molecule has 2 heterocycles. The average molecular weight is 353 g/mol. The number of hydrogen-bond donors (Lipinski definition) is 1. The average Bonchev–Trinajstić information content (AvgIpc) is 2.90. The molecule has 1 aromatic rings. The van der Waals surface area contributed by atoms with Crippen LogP contribution in [0.25, 0.3) is 0 Å². The second-order valence-electron chi connectivity index (χ2n) is 5.80. The lowest BCUT2D eigenvalue weighted by molar-refractivity contribution is -0.133. The zero-order chi connectivity index (χ0) is 17.3. The molecule has 2 amide bonds. The number of rotatable bonds is 3. The van der Waals surface area contributed by atoms with E-state index in [0.717, 1.165) is 5.01 Å². The first-order chi connectivity index (χ1) is 11.3. The van der Waals surface area contributed by atoms with Crippen LogP contribution in [-0.2, 0) is 19.4 Å². The Kier molecular flexibility index (Phi) is 4.35. The lowest BCUT2D eigenvalue weighted by Crippen LogP contribution is -2.42. The number of hydrazone groups is 1. The third-order valence-corrected chi connectivity index (χ3v) is 5.73. The molecule has 1 fully saturated rings. The Balaban J connectivity index is 1.75. The molecule has 7 nitrogen and oxygen atoms in total. The number of benzene rings is 1. The van der Waals surface area contributed by atoms with Crippen molar-refractivity contribution in [2.75, 3.05) is 16.8 Å². The van der Waals surface area contributed by atoms with Gasteiger partial charge in [0.15, 0.2) is 9.84 Å². The second-order valence-corrected chi connectivity index (χ2v) is 8.03. The van der Waals surface area contributed by atoms with Crippen molar-refractivity contribution in [2.24, 2.45) is 5.10 Å². The highest BCUT2D eigenvalue weighted by molar-refractivity contribution is 7.91. The number of sulfone groups is 1. The second kappa shape index (κ2) is 6.31. The van der Waals surface area contributed by atoms with Crippen LogP contribution in [0.3, 0.4) is 0 Å². The summed E-state index contributed by atoms with van der Waals surface area (Å²) in [5.74, 6) is -1.29. The molecule has 128 valence electrons. The molecule has 1 saturated heterocycles. The van der Waals surface area contributed by atoms with Gasteiger partial charge in [0.05, 0.1) is 17.5 Å². The van der Waals surface area contributed by atoms with E-state index in [1.54, 1.807) is 0 Å². The summed E-state index contributed by atoms with van der Waals surface area (Å²) in [7, 11) is -3.16. The molecule has 0 aliphatic carbocycles. The summed E-state index contributed by atoms with van der Waals surface area (Å²) < 4.78 is 36.0. The van der Waals surface area contributed by atoms with Crippen molar-refractivity contribution in [1.29, 1.82) is 0 Å². The Bertz CT molecular complexity index is 805. The molecule has 1 aromatic carbocycles. The molecule has 0 radical (unpaired) electrons. The maximum Gasteiger partial charge on any atom is 0.271 e. The van der Waals surface area contributed by atoms with Gasteiger partial charge in [-0.3, -0.25) is 9.59 Å². The van der Waals surface area contributed by atoms with Gasteiger partial charge in [-0.2, -0.15) is 5.10 Å². The van der Waals surface area contributed by atoms with Gasteiger partial charge in [-0.05, 0) is 30.7 Å². The van der Waals surface area contributed by atoms with Gasteiger partial charge in [0, 0.05) is 18.5 Å². The Morgan fingerprint density at radius 3 is 2.58 bits per heavy atom. The first-order valence-electron chi connectivity index (χ1n) is 7.51. The number of carbonyl (C=O) groups excluding carboxylic acids is 2. The highest BCUT2D eigenvalue weighted by atomic mass is 32.2. The Hall–Kier alpha value is -2.29.